The topological polar surface area (TPSA) is 46.5 Å². The molecule has 0 spiro atoms. The number of rotatable bonds is 1. The van der Waals surface area contributed by atoms with Gasteiger partial charge in [0.2, 0.25) is 0 Å². The van der Waals surface area contributed by atoms with Crippen LogP contribution in [0.2, 0.25) is 0 Å². The van der Waals surface area contributed by atoms with E-state index < -0.39 is 0 Å². The Kier molecular flexibility index (Phi) is 76.7. The van der Waals surface area contributed by atoms with Gasteiger partial charge < -0.3 is 4.89 Å². The quantitative estimate of drug-likeness (QED) is 0.302. The molecule has 42 valence electrons. The van der Waals surface area contributed by atoms with E-state index in [9.17, 15) is 0 Å². The number of hydrogen-bond acceptors (Lipinski definition) is 3. The van der Waals surface area contributed by atoms with Crippen LogP contribution in [-0.4, -0.2) is 11.7 Å². The first-order chi connectivity index (χ1) is 1.91. The molecule has 0 radical (unpaired) electrons. The molecule has 0 rings (SSSR count). The van der Waals surface area contributed by atoms with Crippen molar-refractivity contribution < 1.29 is 16.4 Å². The largest absolute Gasteiger partial charge is 0.330 e. The van der Waals surface area contributed by atoms with E-state index in [1.165, 1.54) is 0 Å². The van der Waals surface area contributed by atoms with Gasteiger partial charge in [-0.3, -0.25) is 4.79 Å². The Morgan fingerprint density at radius 3 is 1.83 bits per heavy atom. The fourth-order valence-corrected chi connectivity index (χ4v) is 0. The molecule has 0 aromatic heterocycles. The lowest BCUT2D eigenvalue weighted by Gasteiger charge is -1.63. The Morgan fingerprint density at radius 1 is 1.67 bits per heavy atom. The number of carbonyl (C=O) groups is 1. The molecule has 0 bridgehead atoms. The smallest absolute Gasteiger partial charge is 0.304 e. The highest BCUT2D eigenvalue weighted by Crippen LogP contribution is 1.33. The van der Waals surface area contributed by atoms with Crippen LogP contribution in [0.1, 0.15) is 16.3 Å². The number of hydrogen-bond donors (Lipinski definition) is 1. The lowest BCUT2D eigenvalue weighted by molar-refractivity contribution is -0.217. The summed E-state index contributed by atoms with van der Waals surface area (Å²) in [6.07, 6.45) is 0. The molecule has 0 heterocycles. The maximum Gasteiger partial charge on any atom is 0.330 e. The van der Waals surface area contributed by atoms with E-state index in [2.05, 4.69) is 4.89 Å². The molecule has 0 saturated carbocycles. The van der Waals surface area contributed by atoms with Crippen molar-refractivity contribution in [2.75, 3.05) is 0 Å². The van der Waals surface area contributed by atoms with Crippen molar-refractivity contribution in [3.63, 3.8) is 0 Å². The van der Waals surface area contributed by atoms with Crippen molar-refractivity contribution in [2.24, 2.45) is 0 Å². The predicted octanol–water partition coefficient (Wildman–Crippen LogP) is 1.15. The van der Waals surface area contributed by atoms with E-state index in [-0.39, 0.29) is 22.8 Å². The van der Waals surface area contributed by atoms with Crippen molar-refractivity contribution in [3.8, 4) is 0 Å². The van der Waals surface area contributed by atoms with E-state index in [0.717, 1.165) is 0 Å². The Labute approximate surface area is 39.0 Å². The van der Waals surface area contributed by atoms with Crippen LogP contribution in [-0.2, 0) is 9.68 Å². The molecule has 3 heteroatoms. The third-order valence-corrected chi connectivity index (χ3v) is 0.0430. The van der Waals surface area contributed by atoms with Crippen molar-refractivity contribution in [2.45, 2.75) is 14.9 Å². The molecule has 0 aliphatic carbocycles. The molecule has 0 amide bonds. The second-order valence-electron chi connectivity index (χ2n) is 0.202. The van der Waals surface area contributed by atoms with Crippen molar-refractivity contribution >= 4 is 6.47 Å². The van der Waals surface area contributed by atoms with Crippen LogP contribution in [0.15, 0.2) is 0 Å². The van der Waals surface area contributed by atoms with Gasteiger partial charge in [-0.15, -0.1) is 0 Å². The van der Waals surface area contributed by atoms with Crippen LogP contribution >= 0.6 is 0 Å². The highest BCUT2D eigenvalue weighted by molar-refractivity contribution is 5.35. The van der Waals surface area contributed by atoms with Crippen molar-refractivity contribution in [3.05, 3.63) is 0 Å². The Balaban J connectivity index is -0.0000000150. The van der Waals surface area contributed by atoms with Gasteiger partial charge in [-0.25, -0.2) is 5.26 Å². The van der Waals surface area contributed by atoms with E-state index in [1.807, 2.05) is 0 Å². The molecule has 6 heavy (non-hydrogen) atoms. The van der Waals surface area contributed by atoms with E-state index in [4.69, 9.17) is 10.1 Å². The lowest BCUT2D eigenvalue weighted by Crippen LogP contribution is -1.69. The van der Waals surface area contributed by atoms with E-state index in [1.54, 1.807) is 0 Å². The van der Waals surface area contributed by atoms with Gasteiger partial charge in [-0.2, -0.15) is 0 Å². The monoisotopic (exact) mass is 96.1 g/mol. The molecular formula is C3H12O3. The summed E-state index contributed by atoms with van der Waals surface area (Å²) < 4.78 is 0. The minimum atomic E-state index is -0.0694. The number of carbonyl (C=O) groups excluding carboxylic acids is 1. The summed E-state index contributed by atoms with van der Waals surface area (Å²) in [5.41, 5.74) is 0. The van der Waals surface area contributed by atoms with Gasteiger partial charge >= 0.3 is 6.47 Å². The summed E-state index contributed by atoms with van der Waals surface area (Å²) in [6, 6.07) is 0. The van der Waals surface area contributed by atoms with Gasteiger partial charge in [0.1, 0.15) is 0 Å². The maximum absolute atomic E-state index is 8.70. The first-order valence-electron chi connectivity index (χ1n) is 0.654. The standard InChI is InChI=1S/CH2O3.2CH4.H2/c2-1-4-3;;;/h1,3H;2*1H4;1H. The van der Waals surface area contributed by atoms with Crippen LogP contribution in [0, 0.1) is 0 Å². The average molecular weight is 96.1 g/mol. The van der Waals surface area contributed by atoms with Crippen LogP contribution in [0.3, 0.4) is 0 Å². The van der Waals surface area contributed by atoms with Crippen LogP contribution in [0.25, 0.3) is 0 Å². The minimum absolute atomic E-state index is 0. The summed E-state index contributed by atoms with van der Waals surface area (Å²) in [5, 5.41) is 7.01. The van der Waals surface area contributed by atoms with Crippen LogP contribution < -0.4 is 0 Å². The molecule has 0 aromatic rings. The SMILES string of the molecule is C.C.O=COO.[HH]. The maximum atomic E-state index is 8.70. The minimum Gasteiger partial charge on any atom is -0.304 e. The van der Waals surface area contributed by atoms with Gasteiger partial charge in [-0.1, -0.05) is 14.9 Å². The fourth-order valence-electron chi connectivity index (χ4n) is 0. The Morgan fingerprint density at radius 2 is 1.83 bits per heavy atom. The molecule has 0 saturated heterocycles. The van der Waals surface area contributed by atoms with Crippen LogP contribution in [0.5, 0.6) is 0 Å². The second-order valence-corrected chi connectivity index (χ2v) is 0.202. The second kappa shape index (κ2) is 25.5. The van der Waals surface area contributed by atoms with Crippen molar-refractivity contribution in [1.29, 1.82) is 0 Å². The lowest BCUT2D eigenvalue weighted by atomic mass is 11.7. The van der Waals surface area contributed by atoms with E-state index >= 15 is 0 Å². The van der Waals surface area contributed by atoms with Gasteiger partial charge in [0.15, 0.2) is 0 Å². The van der Waals surface area contributed by atoms with Gasteiger partial charge in [0.05, 0.1) is 0 Å². The summed E-state index contributed by atoms with van der Waals surface area (Å²) >= 11 is 0. The zero-order valence-electron chi connectivity index (χ0n) is 1.84. The third kappa shape index (κ3) is 110. The summed E-state index contributed by atoms with van der Waals surface area (Å²) in [7, 11) is 0. The summed E-state index contributed by atoms with van der Waals surface area (Å²) in [6.45, 7) is -0.0694. The molecule has 0 atom stereocenters. The molecule has 1 N–H and O–H groups in total. The Hall–Kier alpha value is -0.570. The van der Waals surface area contributed by atoms with Gasteiger partial charge in [0, 0.05) is 1.43 Å². The Bertz CT molecular complexity index is 24.1. The first-order valence-corrected chi connectivity index (χ1v) is 0.654. The first kappa shape index (κ1) is 18.0. The molecule has 0 aromatic carbocycles. The molecule has 0 aliphatic rings. The third-order valence-electron chi connectivity index (χ3n) is 0.0430. The zero-order valence-corrected chi connectivity index (χ0v) is 1.84. The fraction of sp³-hybridized carbons (Fsp3) is 0.667. The van der Waals surface area contributed by atoms with Gasteiger partial charge in [-0.05, 0) is 0 Å². The zero-order chi connectivity index (χ0) is 3.41. The highest BCUT2D eigenvalue weighted by atomic mass is 17.1. The molecule has 0 fully saturated rings. The molecule has 3 nitrogen and oxygen atoms in total. The molecular weight excluding hydrogens is 84.0 g/mol. The van der Waals surface area contributed by atoms with Crippen LogP contribution in [0.4, 0.5) is 0 Å². The highest BCUT2D eigenvalue weighted by Gasteiger charge is 1.47. The average Bonchev–Trinajstić information content (AvgIpc) is 1.37. The summed E-state index contributed by atoms with van der Waals surface area (Å²) in [5.74, 6) is 0. The van der Waals surface area contributed by atoms with E-state index in [0.29, 0.717) is 0 Å². The normalized spacial score (nSPS) is 3.50. The molecule has 0 unspecified atom stereocenters. The molecule has 0 aliphatic heterocycles. The predicted molar refractivity (Wildman–Crippen MR) is 25.4 cm³/mol. The van der Waals surface area contributed by atoms with Gasteiger partial charge in [0.25, 0.3) is 0 Å². The van der Waals surface area contributed by atoms with Crippen molar-refractivity contribution in [1.82, 2.24) is 0 Å². The summed E-state index contributed by atoms with van der Waals surface area (Å²) in [4.78, 5) is 11.6.